The maximum absolute atomic E-state index is 5.40. The molecule has 2 aromatic rings. The van der Waals surface area contributed by atoms with Crippen molar-refractivity contribution in [2.24, 2.45) is 0 Å². The van der Waals surface area contributed by atoms with E-state index in [2.05, 4.69) is 15.3 Å². The van der Waals surface area contributed by atoms with Gasteiger partial charge in [0.25, 0.3) is 0 Å². The van der Waals surface area contributed by atoms with Gasteiger partial charge in [-0.2, -0.15) is 0 Å². The highest BCUT2D eigenvalue weighted by atomic mass is 16.7. The summed E-state index contributed by atoms with van der Waals surface area (Å²) in [4.78, 5) is 7.26. The van der Waals surface area contributed by atoms with E-state index in [-0.39, 0.29) is 6.79 Å². The summed E-state index contributed by atoms with van der Waals surface area (Å²) in [5.74, 6) is 3.13. The summed E-state index contributed by atoms with van der Waals surface area (Å²) in [5.41, 5.74) is 1.10. The molecule has 6 heteroatoms. The van der Waals surface area contributed by atoms with Crippen LogP contribution in [0.2, 0.25) is 0 Å². The summed E-state index contributed by atoms with van der Waals surface area (Å²) in [7, 11) is 1.63. The van der Waals surface area contributed by atoms with Crippen molar-refractivity contribution in [3.05, 3.63) is 35.9 Å². The Morgan fingerprint density at radius 1 is 1.40 bits per heavy atom. The zero-order valence-corrected chi connectivity index (χ0v) is 11.3. The van der Waals surface area contributed by atoms with Gasteiger partial charge in [0.05, 0.1) is 7.11 Å². The number of fused-ring (bicyclic) bond motifs is 1. The minimum Gasteiger partial charge on any atom is -0.493 e. The van der Waals surface area contributed by atoms with E-state index in [0.717, 1.165) is 36.6 Å². The van der Waals surface area contributed by atoms with E-state index >= 15 is 0 Å². The van der Waals surface area contributed by atoms with Gasteiger partial charge < -0.3 is 24.5 Å². The second-order valence-electron chi connectivity index (χ2n) is 4.49. The molecule has 2 N–H and O–H groups in total. The lowest BCUT2D eigenvalue weighted by atomic mass is 10.2. The molecule has 1 aliphatic rings. The number of rotatable bonds is 6. The molecule has 0 spiro atoms. The van der Waals surface area contributed by atoms with Crippen LogP contribution in [-0.4, -0.2) is 30.4 Å². The summed E-state index contributed by atoms with van der Waals surface area (Å²) >= 11 is 0. The molecule has 20 heavy (non-hydrogen) atoms. The van der Waals surface area contributed by atoms with E-state index in [9.17, 15) is 0 Å². The number of hydrogen-bond acceptors (Lipinski definition) is 5. The van der Waals surface area contributed by atoms with Crippen LogP contribution in [0.5, 0.6) is 17.2 Å². The number of methoxy groups -OCH3 is 1. The lowest BCUT2D eigenvalue weighted by Gasteiger charge is -2.09. The molecule has 1 aliphatic heterocycles. The largest absolute Gasteiger partial charge is 0.493 e. The number of aromatic amines is 1. The number of imidazole rings is 1. The number of hydrogen-bond donors (Lipinski definition) is 2. The Hall–Kier alpha value is -2.21. The summed E-state index contributed by atoms with van der Waals surface area (Å²) in [5, 5.41) is 3.37. The molecular weight excluding hydrogens is 258 g/mol. The number of nitrogens with one attached hydrogen (secondary N) is 2. The Morgan fingerprint density at radius 3 is 3.15 bits per heavy atom. The molecule has 0 fully saturated rings. The van der Waals surface area contributed by atoms with Crippen LogP contribution < -0.4 is 19.5 Å². The number of aromatic nitrogens is 2. The molecule has 2 heterocycles. The topological polar surface area (TPSA) is 68.4 Å². The quantitative estimate of drug-likeness (QED) is 0.782. The van der Waals surface area contributed by atoms with Gasteiger partial charge in [-0.15, -0.1) is 0 Å². The second-order valence-corrected chi connectivity index (χ2v) is 4.49. The van der Waals surface area contributed by atoms with Gasteiger partial charge in [0.1, 0.15) is 5.82 Å². The third-order valence-electron chi connectivity index (χ3n) is 3.14. The SMILES string of the molecule is COc1cc(CNCCc2ncc[nH]2)cc2c1OCO2. The molecule has 0 radical (unpaired) electrons. The van der Waals surface area contributed by atoms with Crippen molar-refractivity contribution in [1.29, 1.82) is 0 Å². The van der Waals surface area contributed by atoms with Crippen LogP contribution in [0, 0.1) is 0 Å². The van der Waals surface area contributed by atoms with E-state index in [1.807, 2.05) is 18.3 Å². The zero-order chi connectivity index (χ0) is 13.8. The number of benzene rings is 1. The first-order valence-corrected chi connectivity index (χ1v) is 6.52. The van der Waals surface area contributed by atoms with Crippen LogP contribution in [0.4, 0.5) is 0 Å². The molecule has 0 atom stereocenters. The third kappa shape index (κ3) is 2.70. The van der Waals surface area contributed by atoms with Gasteiger partial charge in [-0.3, -0.25) is 0 Å². The fraction of sp³-hybridized carbons (Fsp3) is 0.357. The van der Waals surface area contributed by atoms with Crippen LogP contribution in [-0.2, 0) is 13.0 Å². The second kappa shape index (κ2) is 5.83. The highest BCUT2D eigenvalue weighted by molar-refractivity contribution is 5.55. The van der Waals surface area contributed by atoms with Gasteiger partial charge in [-0.25, -0.2) is 4.98 Å². The van der Waals surface area contributed by atoms with Crippen molar-refractivity contribution in [1.82, 2.24) is 15.3 Å². The Kier molecular flexibility index (Phi) is 3.73. The highest BCUT2D eigenvalue weighted by Crippen LogP contribution is 2.41. The van der Waals surface area contributed by atoms with E-state index in [1.54, 1.807) is 13.3 Å². The minimum absolute atomic E-state index is 0.251. The first-order valence-electron chi connectivity index (χ1n) is 6.52. The van der Waals surface area contributed by atoms with Gasteiger partial charge in [-0.05, 0) is 17.7 Å². The Morgan fingerprint density at radius 2 is 2.35 bits per heavy atom. The van der Waals surface area contributed by atoms with E-state index in [1.165, 1.54) is 0 Å². The summed E-state index contributed by atoms with van der Waals surface area (Å²) in [6.45, 7) is 1.85. The van der Waals surface area contributed by atoms with E-state index in [4.69, 9.17) is 14.2 Å². The van der Waals surface area contributed by atoms with Gasteiger partial charge in [0, 0.05) is 31.9 Å². The van der Waals surface area contributed by atoms with Crippen molar-refractivity contribution in [3.8, 4) is 17.2 Å². The molecule has 0 saturated carbocycles. The van der Waals surface area contributed by atoms with Crippen molar-refractivity contribution < 1.29 is 14.2 Å². The average molecular weight is 275 g/mol. The van der Waals surface area contributed by atoms with Crippen LogP contribution in [0.15, 0.2) is 24.5 Å². The van der Waals surface area contributed by atoms with Crippen molar-refractivity contribution in [2.45, 2.75) is 13.0 Å². The zero-order valence-electron chi connectivity index (χ0n) is 11.3. The molecule has 1 aromatic heterocycles. The molecule has 106 valence electrons. The third-order valence-corrected chi connectivity index (χ3v) is 3.14. The lowest BCUT2D eigenvalue weighted by molar-refractivity contribution is 0.171. The minimum atomic E-state index is 0.251. The fourth-order valence-electron chi connectivity index (χ4n) is 2.16. The van der Waals surface area contributed by atoms with Crippen LogP contribution in [0.3, 0.4) is 0 Å². The smallest absolute Gasteiger partial charge is 0.231 e. The predicted octanol–water partition coefficient (Wildman–Crippen LogP) is 1.48. The fourth-order valence-corrected chi connectivity index (χ4v) is 2.16. The molecule has 0 amide bonds. The van der Waals surface area contributed by atoms with E-state index in [0.29, 0.717) is 11.5 Å². The first-order chi connectivity index (χ1) is 9.86. The molecule has 3 rings (SSSR count). The maximum Gasteiger partial charge on any atom is 0.231 e. The van der Waals surface area contributed by atoms with Crippen molar-refractivity contribution >= 4 is 0 Å². The first kappa shape index (κ1) is 12.8. The summed E-state index contributed by atoms with van der Waals surface area (Å²) < 4.78 is 16.1. The van der Waals surface area contributed by atoms with Gasteiger partial charge in [0.2, 0.25) is 12.5 Å². The van der Waals surface area contributed by atoms with Crippen LogP contribution in [0.25, 0.3) is 0 Å². The number of H-pyrrole nitrogens is 1. The Bertz CT molecular complexity index is 569. The lowest BCUT2D eigenvalue weighted by Crippen LogP contribution is -2.17. The Balaban J connectivity index is 1.57. The highest BCUT2D eigenvalue weighted by Gasteiger charge is 2.19. The van der Waals surface area contributed by atoms with E-state index < -0.39 is 0 Å². The summed E-state index contributed by atoms with van der Waals surface area (Å²) in [6.07, 6.45) is 4.46. The standard InChI is InChI=1S/C14H17N3O3/c1-18-11-6-10(7-12-14(11)20-9-19-12)8-15-3-2-13-16-4-5-17-13/h4-7,15H,2-3,8-9H2,1H3,(H,16,17). The average Bonchev–Trinajstić information content (AvgIpc) is 3.13. The Labute approximate surface area is 117 Å². The van der Waals surface area contributed by atoms with Gasteiger partial charge in [-0.1, -0.05) is 0 Å². The van der Waals surface area contributed by atoms with Gasteiger partial charge >= 0.3 is 0 Å². The molecule has 6 nitrogen and oxygen atoms in total. The van der Waals surface area contributed by atoms with Crippen molar-refractivity contribution in [3.63, 3.8) is 0 Å². The molecule has 1 aromatic carbocycles. The molecule has 0 aliphatic carbocycles. The maximum atomic E-state index is 5.40. The van der Waals surface area contributed by atoms with Crippen LogP contribution >= 0.6 is 0 Å². The number of nitrogens with zero attached hydrogens (tertiary/aromatic N) is 1. The number of ether oxygens (including phenoxy) is 3. The molecule has 0 bridgehead atoms. The summed E-state index contributed by atoms with van der Waals surface area (Å²) in [6, 6.07) is 3.94. The monoisotopic (exact) mass is 275 g/mol. The molecule has 0 saturated heterocycles. The molecular formula is C14H17N3O3. The normalized spacial score (nSPS) is 12.7. The van der Waals surface area contributed by atoms with Crippen LogP contribution in [0.1, 0.15) is 11.4 Å². The molecule has 0 unspecified atom stereocenters. The van der Waals surface area contributed by atoms with Gasteiger partial charge in [0.15, 0.2) is 11.5 Å². The predicted molar refractivity (Wildman–Crippen MR) is 73.1 cm³/mol. The van der Waals surface area contributed by atoms with Crippen molar-refractivity contribution in [2.75, 3.05) is 20.4 Å².